The number of ketones is 1. The summed E-state index contributed by atoms with van der Waals surface area (Å²) in [7, 11) is 0. The van der Waals surface area contributed by atoms with Crippen LogP contribution < -0.4 is 0 Å². The molecule has 1 saturated heterocycles. The molecule has 0 aromatic carbocycles. The van der Waals surface area contributed by atoms with Crippen molar-refractivity contribution in [1.82, 2.24) is 4.90 Å². The number of piperidine rings is 1. The first-order chi connectivity index (χ1) is 8.11. The number of esters is 1. The Kier molecular flexibility index (Phi) is 4.93. The van der Waals surface area contributed by atoms with Gasteiger partial charge in [0.15, 0.2) is 11.8 Å². The Morgan fingerprint density at radius 2 is 1.94 bits per heavy atom. The van der Waals surface area contributed by atoms with Crippen LogP contribution in [0.15, 0.2) is 0 Å². The first-order valence-electron chi connectivity index (χ1n) is 5.74. The molecule has 1 rings (SSSR count). The van der Waals surface area contributed by atoms with E-state index in [1.54, 1.807) is 13.8 Å². The van der Waals surface area contributed by atoms with Gasteiger partial charge in [-0.1, -0.05) is 0 Å². The molecular formula is C11H17NO5. The van der Waals surface area contributed by atoms with Crippen LogP contribution in [0.5, 0.6) is 0 Å². The van der Waals surface area contributed by atoms with Crippen LogP contribution in [0.2, 0.25) is 0 Å². The number of nitrogens with zero attached hydrogens (tertiary/aromatic N) is 1. The third-order valence-electron chi connectivity index (χ3n) is 2.45. The second-order valence-corrected chi connectivity index (χ2v) is 3.62. The Labute approximate surface area is 99.9 Å². The van der Waals surface area contributed by atoms with E-state index >= 15 is 0 Å². The third-order valence-corrected chi connectivity index (χ3v) is 2.45. The SMILES string of the molecule is CCOC(=O)C1C(=O)CCCN1C(=O)OCC. The standard InChI is InChI=1S/C11H17NO5/c1-3-16-10(14)9-8(13)6-5-7-12(9)11(15)17-4-2/h9H,3-7H2,1-2H3. The van der Waals surface area contributed by atoms with Crippen LogP contribution in [-0.2, 0) is 19.1 Å². The molecule has 1 heterocycles. The van der Waals surface area contributed by atoms with Gasteiger partial charge in [-0.3, -0.25) is 9.69 Å². The van der Waals surface area contributed by atoms with E-state index in [-0.39, 0.29) is 19.0 Å². The van der Waals surface area contributed by atoms with E-state index in [0.29, 0.717) is 19.4 Å². The van der Waals surface area contributed by atoms with Crippen molar-refractivity contribution in [2.45, 2.75) is 32.7 Å². The van der Waals surface area contributed by atoms with Crippen LogP contribution in [0.3, 0.4) is 0 Å². The normalized spacial score (nSPS) is 20.0. The van der Waals surface area contributed by atoms with Gasteiger partial charge in [-0.05, 0) is 20.3 Å². The Bertz CT molecular complexity index is 315. The van der Waals surface area contributed by atoms with Gasteiger partial charge in [-0.15, -0.1) is 0 Å². The summed E-state index contributed by atoms with van der Waals surface area (Å²) in [5, 5.41) is 0. The minimum Gasteiger partial charge on any atom is -0.464 e. The Morgan fingerprint density at radius 3 is 2.53 bits per heavy atom. The largest absolute Gasteiger partial charge is 0.464 e. The van der Waals surface area contributed by atoms with Crippen LogP contribution in [0.25, 0.3) is 0 Å². The highest BCUT2D eigenvalue weighted by molar-refractivity contribution is 6.05. The average molecular weight is 243 g/mol. The fourth-order valence-electron chi connectivity index (χ4n) is 1.75. The van der Waals surface area contributed by atoms with E-state index in [4.69, 9.17) is 9.47 Å². The summed E-state index contributed by atoms with van der Waals surface area (Å²) in [6, 6.07) is -1.14. The highest BCUT2D eigenvalue weighted by Gasteiger charge is 2.40. The third kappa shape index (κ3) is 3.18. The summed E-state index contributed by atoms with van der Waals surface area (Å²) in [4.78, 5) is 36.1. The second-order valence-electron chi connectivity index (χ2n) is 3.62. The van der Waals surface area contributed by atoms with Crippen molar-refractivity contribution in [3.05, 3.63) is 0 Å². The Hall–Kier alpha value is -1.59. The van der Waals surface area contributed by atoms with Crippen LogP contribution in [0.4, 0.5) is 4.79 Å². The van der Waals surface area contributed by atoms with Gasteiger partial charge in [0, 0.05) is 13.0 Å². The fourth-order valence-corrected chi connectivity index (χ4v) is 1.75. The highest BCUT2D eigenvalue weighted by atomic mass is 16.6. The zero-order valence-electron chi connectivity index (χ0n) is 10.1. The van der Waals surface area contributed by atoms with Gasteiger partial charge in [-0.25, -0.2) is 9.59 Å². The molecule has 1 unspecified atom stereocenters. The molecule has 6 nitrogen and oxygen atoms in total. The van der Waals surface area contributed by atoms with Crippen molar-refractivity contribution in [3.8, 4) is 0 Å². The van der Waals surface area contributed by atoms with Crippen molar-refractivity contribution in [1.29, 1.82) is 0 Å². The molecule has 0 N–H and O–H groups in total. The lowest BCUT2D eigenvalue weighted by Gasteiger charge is -2.31. The first kappa shape index (κ1) is 13.5. The molecule has 17 heavy (non-hydrogen) atoms. The van der Waals surface area contributed by atoms with E-state index in [1.165, 1.54) is 0 Å². The van der Waals surface area contributed by atoms with Gasteiger partial charge >= 0.3 is 12.1 Å². The van der Waals surface area contributed by atoms with Gasteiger partial charge < -0.3 is 9.47 Å². The predicted molar refractivity (Wildman–Crippen MR) is 58.4 cm³/mol. The molecule has 1 fully saturated rings. The number of carbonyl (C=O) groups excluding carboxylic acids is 3. The predicted octanol–water partition coefficient (Wildman–Crippen LogP) is 0.739. The van der Waals surface area contributed by atoms with E-state index in [0.717, 1.165) is 4.90 Å². The number of hydrogen-bond donors (Lipinski definition) is 0. The maximum atomic E-state index is 11.7. The average Bonchev–Trinajstić information content (AvgIpc) is 2.29. The number of hydrogen-bond acceptors (Lipinski definition) is 5. The first-order valence-corrected chi connectivity index (χ1v) is 5.74. The minimum absolute atomic E-state index is 0.180. The maximum absolute atomic E-state index is 11.7. The number of likely N-dealkylation sites (tertiary alicyclic amines) is 1. The number of amides is 1. The lowest BCUT2D eigenvalue weighted by atomic mass is 10.0. The summed E-state index contributed by atoms with van der Waals surface area (Å²) >= 11 is 0. The lowest BCUT2D eigenvalue weighted by molar-refractivity contribution is -0.154. The molecule has 0 bridgehead atoms. The molecule has 0 aromatic heterocycles. The molecule has 0 radical (unpaired) electrons. The van der Waals surface area contributed by atoms with E-state index in [1.807, 2.05) is 0 Å². The Morgan fingerprint density at radius 1 is 1.29 bits per heavy atom. The number of ether oxygens (including phenoxy) is 2. The molecule has 1 aliphatic rings. The topological polar surface area (TPSA) is 72.9 Å². The molecule has 0 saturated carbocycles. The molecule has 96 valence electrons. The van der Waals surface area contributed by atoms with E-state index in [9.17, 15) is 14.4 Å². The summed E-state index contributed by atoms with van der Waals surface area (Å²) in [5.74, 6) is -0.965. The van der Waals surface area contributed by atoms with Gasteiger partial charge in [-0.2, -0.15) is 0 Å². The molecule has 1 atom stereocenters. The quantitative estimate of drug-likeness (QED) is 0.540. The van der Waals surface area contributed by atoms with Gasteiger partial charge in [0.2, 0.25) is 0 Å². The fraction of sp³-hybridized carbons (Fsp3) is 0.727. The smallest absolute Gasteiger partial charge is 0.410 e. The van der Waals surface area contributed by atoms with Crippen LogP contribution in [0.1, 0.15) is 26.7 Å². The molecule has 0 spiro atoms. The second kappa shape index (κ2) is 6.22. The zero-order valence-corrected chi connectivity index (χ0v) is 10.1. The van der Waals surface area contributed by atoms with Gasteiger partial charge in [0.25, 0.3) is 0 Å². The van der Waals surface area contributed by atoms with Gasteiger partial charge in [0.1, 0.15) is 0 Å². The van der Waals surface area contributed by atoms with Crippen LogP contribution in [-0.4, -0.2) is 48.5 Å². The van der Waals surface area contributed by atoms with E-state index in [2.05, 4.69) is 0 Å². The van der Waals surface area contributed by atoms with Crippen molar-refractivity contribution < 1.29 is 23.9 Å². The van der Waals surface area contributed by atoms with Crippen molar-refractivity contribution >= 4 is 17.8 Å². The molecule has 6 heteroatoms. The molecule has 0 aliphatic carbocycles. The van der Waals surface area contributed by atoms with Crippen LogP contribution >= 0.6 is 0 Å². The summed E-state index contributed by atoms with van der Waals surface area (Å²) in [6.07, 6.45) is 0.200. The van der Waals surface area contributed by atoms with Crippen LogP contribution in [0, 0.1) is 0 Å². The maximum Gasteiger partial charge on any atom is 0.410 e. The lowest BCUT2D eigenvalue weighted by Crippen LogP contribution is -2.53. The number of rotatable bonds is 3. The number of Topliss-reactive ketones (excluding diaryl/α,β-unsaturated/α-hetero) is 1. The monoisotopic (exact) mass is 243 g/mol. The summed E-state index contributed by atoms with van der Waals surface area (Å²) in [5.41, 5.74) is 0. The Balaban J connectivity index is 2.80. The van der Waals surface area contributed by atoms with E-state index < -0.39 is 18.1 Å². The van der Waals surface area contributed by atoms with Crippen molar-refractivity contribution in [2.75, 3.05) is 19.8 Å². The molecule has 1 amide bonds. The molecule has 1 aliphatic heterocycles. The van der Waals surface area contributed by atoms with Gasteiger partial charge in [0.05, 0.1) is 13.2 Å². The highest BCUT2D eigenvalue weighted by Crippen LogP contribution is 2.16. The van der Waals surface area contributed by atoms with Crippen molar-refractivity contribution in [3.63, 3.8) is 0 Å². The number of carbonyl (C=O) groups is 3. The minimum atomic E-state index is -1.14. The molecular weight excluding hydrogens is 226 g/mol. The van der Waals surface area contributed by atoms with Crippen molar-refractivity contribution in [2.24, 2.45) is 0 Å². The summed E-state index contributed by atoms with van der Waals surface area (Å²) < 4.78 is 9.62. The molecule has 0 aromatic rings. The zero-order chi connectivity index (χ0) is 12.8. The summed E-state index contributed by atoms with van der Waals surface area (Å²) in [6.45, 7) is 4.05.